The largest absolute Gasteiger partial charge is 0.497 e. The predicted molar refractivity (Wildman–Crippen MR) is 97.4 cm³/mol. The highest BCUT2D eigenvalue weighted by Crippen LogP contribution is 2.12. The Labute approximate surface area is 154 Å². The molecule has 136 valence electrons. The Kier molecular flexibility index (Phi) is 5.85. The van der Waals surface area contributed by atoms with Crippen molar-refractivity contribution in [2.75, 3.05) is 20.3 Å². The van der Waals surface area contributed by atoms with Gasteiger partial charge in [0, 0.05) is 24.3 Å². The molecule has 2 heterocycles. The van der Waals surface area contributed by atoms with Gasteiger partial charge in [-0.25, -0.2) is 4.98 Å². The number of carbonyl (C=O) groups is 2. The van der Waals surface area contributed by atoms with E-state index in [0.717, 1.165) is 16.3 Å². The minimum Gasteiger partial charge on any atom is -0.497 e. The number of nitrogens with zero attached hydrogens (tertiary/aromatic N) is 2. The van der Waals surface area contributed by atoms with Crippen molar-refractivity contribution in [3.63, 3.8) is 0 Å². The van der Waals surface area contributed by atoms with Gasteiger partial charge in [-0.15, -0.1) is 11.3 Å². The normalized spacial score (nSPS) is 10.7. The maximum atomic E-state index is 11.8. The molecule has 3 rings (SSSR count). The summed E-state index contributed by atoms with van der Waals surface area (Å²) in [5, 5.41) is 4.65. The first-order valence-corrected chi connectivity index (χ1v) is 8.98. The van der Waals surface area contributed by atoms with Crippen LogP contribution in [0.15, 0.2) is 42.0 Å². The number of hydrogen-bond donors (Lipinski definition) is 1. The number of ether oxygens (including phenoxy) is 2. The molecule has 3 aromatic rings. The molecule has 1 N–H and O–H groups in total. The average molecular weight is 373 g/mol. The molecule has 0 fully saturated rings. The molecule has 1 aromatic carbocycles. The number of nitrogens with one attached hydrogen (secondary N) is 1. The second-order valence-electron chi connectivity index (χ2n) is 5.61. The zero-order chi connectivity index (χ0) is 18.4. The third kappa shape index (κ3) is 4.82. The Hall–Kier alpha value is -2.87. The molecular weight excluding hydrogens is 354 g/mol. The van der Waals surface area contributed by atoms with E-state index in [4.69, 9.17) is 9.47 Å². The van der Waals surface area contributed by atoms with Crippen molar-refractivity contribution in [3.05, 3.63) is 53.3 Å². The highest BCUT2D eigenvalue weighted by molar-refractivity contribution is 7.15. The van der Waals surface area contributed by atoms with E-state index in [1.165, 1.54) is 11.3 Å². The third-order valence-electron chi connectivity index (χ3n) is 3.73. The third-order valence-corrected chi connectivity index (χ3v) is 4.50. The molecule has 2 aromatic heterocycles. The van der Waals surface area contributed by atoms with Crippen LogP contribution in [0.3, 0.4) is 0 Å². The van der Waals surface area contributed by atoms with Crippen LogP contribution in [0.4, 0.5) is 0 Å². The van der Waals surface area contributed by atoms with Gasteiger partial charge in [-0.05, 0) is 24.1 Å². The first-order valence-electron chi connectivity index (χ1n) is 8.10. The molecule has 0 saturated heterocycles. The van der Waals surface area contributed by atoms with Gasteiger partial charge >= 0.3 is 5.97 Å². The van der Waals surface area contributed by atoms with Crippen LogP contribution in [0.5, 0.6) is 5.75 Å². The van der Waals surface area contributed by atoms with E-state index in [2.05, 4.69) is 10.3 Å². The SMILES string of the molecule is COc1ccc(CCNC(=O)COC(=O)Cc2cn3ccsc3n2)cc1. The molecule has 0 aliphatic heterocycles. The van der Waals surface area contributed by atoms with Crippen LogP contribution in [-0.2, 0) is 27.2 Å². The molecule has 0 unspecified atom stereocenters. The van der Waals surface area contributed by atoms with Crippen molar-refractivity contribution < 1.29 is 19.1 Å². The number of methoxy groups -OCH3 is 1. The summed E-state index contributed by atoms with van der Waals surface area (Å²) in [5.74, 6) is 0.000924. The minimum atomic E-state index is -0.471. The quantitative estimate of drug-likeness (QED) is 0.610. The fourth-order valence-corrected chi connectivity index (χ4v) is 3.11. The standard InChI is InChI=1S/C18H19N3O4S/c1-24-15-4-2-13(3-5-15)6-7-19-16(22)12-25-17(23)10-14-11-21-8-9-26-18(21)20-14/h2-5,8-9,11H,6-7,10,12H2,1H3,(H,19,22). The van der Waals surface area contributed by atoms with Crippen LogP contribution < -0.4 is 10.1 Å². The van der Waals surface area contributed by atoms with E-state index in [9.17, 15) is 9.59 Å². The van der Waals surface area contributed by atoms with E-state index >= 15 is 0 Å². The fraction of sp³-hybridized carbons (Fsp3) is 0.278. The molecule has 0 aliphatic carbocycles. The molecule has 0 saturated carbocycles. The number of thiazole rings is 1. The summed E-state index contributed by atoms with van der Waals surface area (Å²) in [7, 11) is 1.62. The molecule has 7 nitrogen and oxygen atoms in total. The smallest absolute Gasteiger partial charge is 0.312 e. The molecule has 0 aliphatic rings. The second kappa shape index (κ2) is 8.48. The Balaban J connectivity index is 1.35. The summed E-state index contributed by atoms with van der Waals surface area (Å²) in [4.78, 5) is 28.7. The van der Waals surface area contributed by atoms with E-state index in [1.807, 2.05) is 40.2 Å². The monoisotopic (exact) mass is 373 g/mol. The van der Waals surface area contributed by atoms with Gasteiger partial charge in [0.2, 0.25) is 0 Å². The zero-order valence-corrected chi connectivity index (χ0v) is 15.1. The van der Waals surface area contributed by atoms with E-state index < -0.39 is 5.97 Å². The summed E-state index contributed by atoms with van der Waals surface area (Å²) in [5.41, 5.74) is 1.71. The zero-order valence-electron chi connectivity index (χ0n) is 14.3. The number of amides is 1. The number of imidazole rings is 1. The van der Waals surface area contributed by atoms with Gasteiger partial charge in [0.25, 0.3) is 5.91 Å². The highest BCUT2D eigenvalue weighted by atomic mass is 32.1. The number of benzene rings is 1. The summed E-state index contributed by atoms with van der Waals surface area (Å²) in [6, 6.07) is 7.64. The minimum absolute atomic E-state index is 0.0491. The number of fused-ring (bicyclic) bond motifs is 1. The summed E-state index contributed by atoms with van der Waals surface area (Å²) in [6.45, 7) is 0.184. The van der Waals surface area contributed by atoms with Gasteiger partial charge in [-0.2, -0.15) is 0 Å². The summed E-state index contributed by atoms with van der Waals surface area (Å²) in [6.07, 6.45) is 4.39. The fourth-order valence-electron chi connectivity index (χ4n) is 2.40. The lowest BCUT2D eigenvalue weighted by Gasteiger charge is -2.07. The first kappa shape index (κ1) is 17.9. The lowest BCUT2D eigenvalue weighted by atomic mass is 10.1. The molecule has 0 radical (unpaired) electrons. The number of hydrogen-bond acceptors (Lipinski definition) is 6. The molecule has 0 atom stereocenters. The van der Waals surface area contributed by atoms with Crippen LogP contribution in [0, 0.1) is 0 Å². The molecule has 8 heteroatoms. The average Bonchev–Trinajstić information content (AvgIpc) is 3.22. The second-order valence-corrected chi connectivity index (χ2v) is 6.48. The molecule has 1 amide bonds. The van der Waals surface area contributed by atoms with Crippen LogP contribution in [-0.4, -0.2) is 41.5 Å². The molecule has 0 spiro atoms. The van der Waals surface area contributed by atoms with Gasteiger partial charge in [0.05, 0.1) is 19.2 Å². The van der Waals surface area contributed by atoms with Gasteiger partial charge in [0.1, 0.15) is 5.75 Å². The van der Waals surface area contributed by atoms with Gasteiger partial charge in [-0.3, -0.25) is 14.0 Å². The Morgan fingerprint density at radius 2 is 2.08 bits per heavy atom. The summed E-state index contributed by atoms with van der Waals surface area (Å²) < 4.78 is 11.9. The van der Waals surface area contributed by atoms with Crippen LogP contribution in [0.25, 0.3) is 4.96 Å². The Morgan fingerprint density at radius 1 is 1.27 bits per heavy atom. The van der Waals surface area contributed by atoms with E-state index in [0.29, 0.717) is 18.7 Å². The number of rotatable bonds is 8. The van der Waals surface area contributed by atoms with Crippen LogP contribution in [0.2, 0.25) is 0 Å². The number of esters is 1. The maximum Gasteiger partial charge on any atom is 0.312 e. The van der Waals surface area contributed by atoms with Crippen LogP contribution >= 0.6 is 11.3 Å². The van der Waals surface area contributed by atoms with Crippen LogP contribution in [0.1, 0.15) is 11.3 Å². The van der Waals surface area contributed by atoms with Crippen molar-refractivity contribution in [1.29, 1.82) is 0 Å². The summed E-state index contributed by atoms with van der Waals surface area (Å²) >= 11 is 1.49. The topological polar surface area (TPSA) is 81.9 Å². The number of carbonyl (C=O) groups excluding carboxylic acids is 2. The van der Waals surface area contributed by atoms with Gasteiger partial charge in [-0.1, -0.05) is 12.1 Å². The van der Waals surface area contributed by atoms with Crippen molar-refractivity contribution >= 4 is 28.2 Å². The molecular formula is C18H19N3O4S. The van der Waals surface area contributed by atoms with Crippen molar-refractivity contribution in [2.24, 2.45) is 0 Å². The van der Waals surface area contributed by atoms with E-state index in [-0.39, 0.29) is 18.9 Å². The van der Waals surface area contributed by atoms with E-state index in [1.54, 1.807) is 13.3 Å². The Morgan fingerprint density at radius 3 is 2.81 bits per heavy atom. The molecule has 26 heavy (non-hydrogen) atoms. The highest BCUT2D eigenvalue weighted by Gasteiger charge is 2.11. The van der Waals surface area contributed by atoms with Gasteiger partial charge in [0.15, 0.2) is 11.6 Å². The van der Waals surface area contributed by atoms with Gasteiger partial charge < -0.3 is 14.8 Å². The lowest BCUT2D eigenvalue weighted by molar-refractivity contribution is -0.147. The first-order chi connectivity index (χ1) is 12.6. The molecule has 0 bridgehead atoms. The lowest BCUT2D eigenvalue weighted by Crippen LogP contribution is -2.30. The number of aromatic nitrogens is 2. The maximum absolute atomic E-state index is 11.8. The van der Waals surface area contributed by atoms with Crippen molar-refractivity contribution in [2.45, 2.75) is 12.8 Å². The predicted octanol–water partition coefficient (Wildman–Crippen LogP) is 1.85. The van der Waals surface area contributed by atoms with Crippen molar-refractivity contribution in [1.82, 2.24) is 14.7 Å². The Bertz CT molecular complexity index is 857. The van der Waals surface area contributed by atoms with Crippen molar-refractivity contribution in [3.8, 4) is 5.75 Å².